The predicted molar refractivity (Wildman–Crippen MR) is 90.7 cm³/mol. The Morgan fingerprint density at radius 1 is 1.22 bits per heavy atom. The third-order valence-corrected chi connectivity index (χ3v) is 3.99. The molecule has 0 aliphatic heterocycles. The van der Waals surface area contributed by atoms with E-state index in [9.17, 15) is 9.59 Å². The maximum atomic E-state index is 12.1. The van der Waals surface area contributed by atoms with Gasteiger partial charge in [0.15, 0.2) is 11.5 Å². The summed E-state index contributed by atoms with van der Waals surface area (Å²) < 4.78 is 12.5. The van der Waals surface area contributed by atoms with Crippen molar-refractivity contribution in [3.63, 3.8) is 0 Å². The molecule has 0 spiro atoms. The zero-order valence-corrected chi connectivity index (χ0v) is 14.2. The molecule has 1 amide bonds. The molecule has 124 valence electrons. The van der Waals surface area contributed by atoms with Crippen molar-refractivity contribution in [2.45, 2.75) is 27.3 Å². The fourth-order valence-electron chi connectivity index (χ4n) is 2.07. The molecule has 0 saturated carbocycles. The van der Waals surface area contributed by atoms with Crippen molar-refractivity contribution >= 4 is 22.9 Å². The van der Waals surface area contributed by atoms with Crippen molar-refractivity contribution in [2.24, 2.45) is 0 Å². The van der Waals surface area contributed by atoms with Crippen molar-refractivity contribution < 1.29 is 14.3 Å². The van der Waals surface area contributed by atoms with Crippen LogP contribution in [0.15, 0.2) is 28.4 Å². The summed E-state index contributed by atoms with van der Waals surface area (Å²) in [5.74, 6) is 0.952. The first-order chi connectivity index (χ1) is 11.0. The van der Waals surface area contributed by atoms with Gasteiger partial charge in [-0.05, 0) is 32.9 Å². The molecular formula is C16H20N2O4S. The van der Waals surface area contributed by atoms with Crippen molar-refractivity contribution in [3.05, 3.63) is 38.9 Å². The summed E-state index contributed by atoms with van der Waals surface area (Å²) in [6, 6.07) is 5.22. The van der Waals surface area contributed by atoms with Gasteiger partial charge in [0, 0.05) is 22.8 Å². The molecule has 0 atom stereocenters. The molecule has 0 bridgehead atoms. The summed E-state index contributed by atoms with van der Waals surface area (Å²) >= 11 is 1.09. The number of thiazole rings is 1. The van der Waals surface area contributed by atoms with Crippen LogP contribution in [0, 0.1) is 6.92 Å². The fourth-order valence-corrected chi connectivity index (χ4v) is 2.80. The number of amides is 1. The average Bonchev–Trinajstić information content (AvgIpc) is 2.82. The number of ether oxygens (including phenoxy) is 2. The van der Waals surface area contributed by atoms with Crippen molar-refractivity contribution in [1.82, 2.24) is 4.57 Å². The van der Waals surface area contributed by atoms with E-state index in [0.717, 1.165) is 17.0 Å². The maximum absolute atomic E-state index is 12.1. The molecule has 0 saturated heterocycles. The molecule has 0 aliphatic rings. The lowest BCUT2D eigenvalue weighted by molar-refractivity contribution is -0.116. The summed E-state index contributed by atoms with van der Waals surface area (Å²) in [6.45, 7) is 6.60. The second-order valence-electron chi connectivity index (χ2n) is 4.80. The van der Waals surface area contributed by atoms with Gasteiger partial charge >= 0.3 is 4.87 Å². The van der Waals surface area contributed by atoms with Crippen LogP contribution in [-0.4, -0.2) is 23.7 Å². The Kier molecular flexibility index (Phi) is 5.81. The average molecular weight is 336 g/mol. The van der Waals surface area contributed by atoms with E-state index in [2.05, 4.69) is 5.32 Å². The molecule has 0 unspecified atom stereocenters. The molecule has 1 aromatic heterocycles. The summed E-state index contributed by atoms with van der Waals surface area (Å²) in [5.41, 5.74) is 1.37. The molecule has 2 aromatic rings. The van der Waals surface area contributed by atoms with Crippen LogP contribution >= 0.6 is 11.3 Å². The van der Waals surface area contributed by atoms with Crippen molar-refractivity contribution in [3.8, 4) is 11.5 Å². The smallest absolute Gasteiger partial charge is 0.307 e. The third-order valence-electron chi connectivity index (χ3n) is 3.11. The molecule has 23 heavy (non-hydrogen) atoms. The number of aryl methyl sites for hydroxylation is 1. The zero-order valence-electron chi connectivity index (χ0n) is 13.4. The van der Waals surface area contributed by atoms with Gasteiger partial charge < -0.3 is 14.8 Å². The Labute approximate surface area is 138 Å². The molecule has 6 nitrogen and oxygen atoms in total. The Hall–Kier alpha value is -2.28. The Morgan fingerprint density at radius 2 is 1.91 bits per heavy atom. The molecule has 1 aromatic carbocycles. The number of aromatic nitrogens is 1. The molecule has 0 aliphatic carbocycles. The van der Waals surface area contributed by atoms with Crippen LogP contribution in [0.3, 0.4) is 0 Å². The first kappa shape index (κ1) is 17.1. The van der Waals surface area contributed by atoms with Gasteiger partial charge in [-0.25, -0.2) is 0 Å². The molecule has 2 rings (SSSR count). The standard InChI is InChI=1S/C16H20N2O4S/c1-4-21-13-7-6-12(8-14(13)22-5-2)17-15(19)9-18-11(3)10-23-16(18)20/h6-8,10H,4-5,9H2,1-3H3,(H,17,19). The minimum atomic E-state index is -0.264. The van der Waals surface area contributed by atoms with Crippen LogP contribution < -0.4 is 19.7 Å². The Morgan fingerprint density at radius 3 is 2.52 bits per heavy atom. The van der Waals surface area contributed by atoms with Gasteiger partial charge in [0.2, 0.25) is 5.91 Å². The maximum Gasteiger partial charge on any atom is 0.307 e. The van der Waals surface area contributed by atoms with Gasteiger partial charge in [-0.1, -0.05) is 11.3 Å². The lowest BCUT2D eigenvalue weighted by Gasteiger charge is -2.13. The normalized spacial score (nSPS) is 10.4. The van der Waals surface area contributed by atoms with Gasteiger partial charge in [0.1, 0.15) is 6.54 Å². The van der Waals surface area contributed by atoms with Crippen LogP contribution in [0.25, 0.3) is 0 Å². The van der Waals surface area contributed by atoms with Gasteiger partial charge in [-0.2, -0.15) is 0 Å². The van der Waals surface area contributed by atoms with Gasteiger partial charge in [-0.15, -0.1) is 0 Å². The topological polar surface area (TPSA) is 69.6 Å². The van der Waals surface area contributed by atoms with Crippen LogP contribution in [0.2, 0.25) is 0 Å². The second-order valence-corrected chi connectivity index (χ2v) is 5.63. The van der Waals surface area contributed by atoms with E-state index >= 15 is 0 Å². The number of hydrogen-bond acceptors (Lipinski definition) is 5. The highest BCUT2D eigenvalue weighted by atomic mass is 32.1. The van der Waals surface area contributed by atoms with Gasteiger partial charge in [0.25, 0.3) is 0 Å². The lowest BCUT2D eigenvalue weighted by Crippen LogP contribution is -2.25. The first-order valence-corrected chi connectivity index (χ1v) is 8.27. The Balaban J connectivity index is 2.11. The van der Waals surface area contributed by atoms with E-state index in [4.69, 9.17) is 9.47 Å². The second kappa shape index (κ2) is 7.82. The number of anilines is 1. The summed E-state index contributed by atoms with van der Waals surface area (Å²) in [4.78, 5) is 23.6. The monoisotopic (exact) mass is 336 g/mol. The number of benzene rings is 1. The van der Waals surface area contributed by atoms with Crippen LogP contribution in [0.5, 0.6) is 11.5 Å². The number of nitrogens with one attached hydrogen (secondary N) is 1. The van der Waals surface area contributed by atoms with E-state index in [1.54, 1.807) is 30.5 Å². The van der Waals surface area contributed by atoms with E-state index in [-0.39, 0.29) is 17.3 Å². The van der Waals surface area contributed by atoms with Crippen LogP contribution in [0.1, 0.15) is 19.5 Å². The van der Waals surface area contributed by atoms with Crippen LogP contribution in [-0.2, 0) is 11.3 Å². The molecule has 7 heteroatoms. The summed E-state index contributed by atoms with van der Waals surface area (Å²) in [7, 11) is 0. The lowest BCUT2D eigenvalue weighted by atomic mass is 10.2. The first-order valence-electron chi connectivity index (χ1n) is 7.39. The number of carbonyl (C=O) groups is 1. The van der Waals surface area contributed by atoms with Crippen LogP contribution in [0.4, 0.5) is 5.69 Å². The zero-order chi connectivity index (χ0) is 16.8. The van der Waals surface area contributed by atoms with Gasteiger partial charge in [0.05, 0.1) is 13.2 Å². The minimum absolute atomic E-state index is 0.00858. The van der Waals surface area contributed by atoms with E-state index in [1.807, 2.05) is 13.8 Å². The Bertz CT molecular complexity index is 736. The third kappa shape index (κ3) is 4.35. The highest BCUT2D eigenvalue weighted by molar-refractivity contribution is 7.07. The number of hydrogen-bond donors (Lipinski definition) is 1. The molecule has 0 fully saturated rings. The molecule has 0 radical (unpaired) electrons. The van der Waals surface area contributed by atoms with E-state index < -0.39 is 0 Å². The molecule has 1 heterocycles. The SMILES string of the molecule is CCOc1ccc(NC(=O)Cn2c(C)csc2=O)cc1OCC. The fraction of sp³-hybridized carbons (Fsp3) is 0.375. The number of carbonyl (C=O) groups excluding carboxylic acids is 1. The van der Waals surface area contributed by atoms with Crippen molar-refractivity contribution in [1.29, 1.82) is 0 Å². The molecule has 1 N–H and O–H groups in total. The summed E-state index contributed by atoms with van der Waals surface area (Å²) in [6.07, 6.45) is 0. The quantitative estimate of drug-likeness (QED) is 0.844. The highest BCUT2D eigenvalue weighted by Crippen LogP contribution is 2.30. The largest absolute Gasteiger partial charge is 0.490 e. The predicted octanol–water partition coefficient (Wildman–Crippen LogP) is 2.65. The molecular weight excluding hydrogens is 316 g/mol. The number of rotatable bonds is 7. The summed E-state index contributed by atoms with van der Waals surface area (Å²) in [5, 5.41) is 4.51. The van der Waals surface area contributed by atoms with E-state index in [1.165, 1.54) is 4.57 Å². The minimum Gasteiger partial charge on any atom is -0.490 e. The van der Waals surface area contributed by atoms with Gasteiger partial charge in [-0.3, -0.25) is 14.2 Å². The number of nitrogens with zero attached hydrogens (tertiary/aromatic N) is 1. The highest BCUT2D eigenvalue weighted by Gasteiger charge is 2.11. The van der Waals surface area contributed by atoms with Crippen molar-refractivity contribution in [2.75, 3.05) is 18.5 Å². The van der Waals surface area contributed by atoms with E-state index in [0.29, 0.717) is 30.4 Å².